The maximum Gasteiger partial charge on any atom is 0.243 e. The smallest absolute Gasteiger partial charge is 0.243 e. The Bertz CT molecular complexity index is 656. The summed E-state index contributed by atoms with van der Waals surface area (Å²) in [5, 5.41) is 22.5. The average Bonchev–Trinajstić information content (AvgIpc) is 3.23. The van der Waals surface area contributed by atoms with E-state index < -0.39 is 5.41 Å². The predicted molar refractivity (Wildman–Crippen MR) is 68.9 cm³/mol. The van der Waals surface area contributed by atoms with E-state index in [0.29, 0.717) is 31.6 Å². The summed E-state index contributed by atoms with van der Waals surface area (Å²) < 4.78 is 1.69. The fourth-order valence-corrected chi connectivity index (χ4v) is 2.83. The van der Waals surface area contributed by atoms with E-state index in [1.54, 1.807) is 16.6 Å². The molecule has 1 aliphatic heterocycles. The number of nitriles is 2. The van der Waals surface area contributed by atoms with Crippen molar-refractivity contribution in [3.63, 3.8) is 0 Å². The minimum absolute atomic E-state index is 0.0624. The molecule has 0 radical (unpaired) electrons. The molecule has 2 aliphatic rings. The Balaban J connectivity index is 1.91. The molecule has 20 heavy (non-hydrogen) atoms. The van der Waals surface area contributed by atoms with E-state index >= 15 is 0 Å². The third-order valence-electron chi connectivity index (χ3n) is 4.24. The van der Waals surface area contributed by atoms with Gasteiger partial charge in [0.25, 0.3) is 0 Å². The minimum atomic E-state index is -0.777. The molecule has 0 bridgehead atoms. The summed E-state index contributed by atoms with van der Waals surface area (Å²) in [5.41, 5.74) is 1.55. The van der Waals surface area contributed by atoms with Crippen LogP contribution < -0.4 is 0 Å². The van der Waals surface area contributed by atoms with E-state index in [2.05, 4.69) is 17.2 Å². The normalized spacial score (nSPS) is 19.4. The highest BCUT2D eigenvalue weighted by atomic mass is 16.2. The zero-order valence-electron chi connectivity index (χ0n) is 11.4. The number of hydrogen-bond acceptors (Lipinski definition) is 4. The highest BCUT2D eigenvalue weighted by Crippen LogP contribution is 2.47. The zero-order chi connectivity index (χ0) is 14.3. The molecule has 0 saturated heterocycles. The van der Waals surface area contributed by atoms with E-state index in [1.807, 2.05) is 0 Å². The molecule has 6 nitrogen and oxygen atoms in total. The first-order valence-corrected chi connectivity index (χ1v) is 6.77. The Morgan fingerprint density at radius 1 is 1.40 bits per heavy atom. The van der Waals surface area contributed by atoms with Gasteiger partial charge in [0.1, 0.15) is 11.5 Å². The maximum absolute atomic E-state index is 12.5. The van der Waals surface area contributed by atoms with Gasteiger partial charge in [-0.15, -0.1) is 0 Å². The van der Waals surface area contributed by atoms with Crippen LogP contribution in [0, 0.1) is 28.1 Å². The Hall–Kier alpha value is -2.34. The molecule has 1 amide bonds. The Kier molecular flexibility index (Phi) is 2.76. The predicted octanol–water partition coefficient (Wildman–Crippen LogP) is 0.870. The van der Waals surface area contributed by atoms with Gasteiger partial charge < -0.3 is 4.90 Å². The molecule has 102 valence electrons. The van der Waals surface area contributed by atoms with E-state index in [4.69, 9.17) is 10.5 Å². The second-order valence-electron chi connectivity index (χ2n) is 5.53. The summed E-state index contributed by atoms with van der Waals surface area (Å²) in [5.74, 6) is -0.0624. The van der Waals surface area contributed by atoms with E-state index in [9.17, 15) is 4.79 Å². The molecule has 0 unspecified atom stereocenters. The van der Waals surface area contributed by atoms with Gasteiger partial charge in [0.15, 0.2) is 5.69 Å². The number of carbonyl (C=O) groups is 1. The van der Waals surface area contributed by atoms with Crippen LogP contribution in [-0.4, -0.2) is 27.1 Å². The van der Waals surface area contributed by atoms with Crippen molar-refractivity contribution in [2.75, 3.05) is 6.54 Å². The first kappa shape index (κ1) is 12.7. The molecular weight excluding hydrogens is 254 g/mol. The van der Waals surface area contributed by atoms with Crippen LogP contribution in [0.4, 0.5) is 0 Å². The lowest BCUT2D eigenvalue weighted by Crippen LogP contribution is -2.37. The van der Waals surface area contributed by atoms with Crippen LogP contribution in [0.2, 0.25) is 0 Å². The molecule has 1 aliphatic carbocycles. The SMILES string of the molecule is Cn1nc(C#N)c2c1CN(C(=O)C1(C#N)CC1)CCC2. The van der Waals surface area contributed by atoms with Gasteiger partial charge >= 0.3 is 0 Å². The molecule has 0 N–H and O–H groups in total. The van der Waals surface area contributed by atoms with Crippen LogP contribution in [0.1, 0.15) is 36.2 Å². The van der Waals surface area contributed by atoms with Crippen molar-refractivity contribution in [1.29, 1.82) is 10.5 Å². The highest BCUT2D eigenvalue weighted by Gasteiger charge is 2.52. The molecule has 0 spiro atoms. The number of carbonyl (C=O) groups excluding carboxylic acids is 1. The summed E-state index contributed by atoms with van der Waals surface area (Å²) in [6.07, 6.45) is 2.90. The van der Waals surface area contributed by atoms with Gasteiger partial charge in [0, 0.05) is 19.2 Å². The number of hydrogen-bond donors (Lipinski definition) is 0. The first-order chi connectivity index (χ1) is 9.61. The van der Waals surface area contributed by atoms with Crippen LogP contribution in [0.5, 0.6) is 0 Å². The highest BCUT2D eigenvalue weighted by molar-refractivity contribution is 5.88. The van der Waals surface area contributed by atoms with Crippen molar-refractivity contribution in [1.82, 2.24) is 14.7 Å². The van der Waals surface area contributed by atoms with E-state index in [0.717, 1.165) is 24.1 Å². The molecular formula is C14H15N5O. The summed E-state index contributed by atoms with van der Waals surface area (Å²) in [7, 11) is 1.80. The van der Waals surface area contributed by atoms with Crippen LogP contribution >= 0.6 is 0 Å². The van der Waals surface area contributed by atoms with Gasteiger partial charge in [-0.05, 0) is 25.7 Å². The van der Waals surface area contributed by atoms with Crippen LogP contribution in [0.25, 0.3) is 0 Å². The first-order valence-electron chi connectivity index (χ1n) is 6.77. The standard InChI is InChI=1S/C14H15N5O/c1-18-12-8-19(13(20)14(9-16)4-5-14)6-2-3-10(12)11(7-15)17-18/h2-6,8H2,1H3. The molecule has 1 aromatic heterocycles. The Labute approximate surface area is 117 Å². The summed E-state index contributed by atoms with van der Waals surface area (Å²) >= 11 is 0. The van der Waals surface area contributed by atoms with Gasteiger partial charge in [0.2, 0.25) is 5.91 Å². The Morgan fingerprint density at radius 2 is 2.15 bits per heavy atom. The lowest BCUT2D eigenvalue weighted by molar-refractivity contribution is -0.135. The number of rotatable bonds is 1. The summed E-state index contributed by atoms with van der Waals surface area (Å²) in [6, 6.07) is 4.27. The van der Waals surface area contributed by atoms with Crippen molar-refractivity contribution >= 4 is 5.91 Å². The fourth-order valence-electron chi connectivity index (χ4n) is 2.83. The van der Waals surface area contributed by atoms with Crippen molar-refractivity contribution < 1.29 is 4.79 Å². The number of aryl methyl sites for hydroxylation is 1. The third kappa shape index (κ3) is 1.77. The largest absolute Gasteiger partial charge is 0.335 e. The van der Waals surface area contributed by atoms with Crippen molar-refractivity contribution in [3.05, 3.63) is 17.0 Å². The van der Waals surface area contributed by atoms with Crippen molar-refractivity contribution in [2.24, 2.45) is 12.5 Å². The fraction of sp³-hybridized carbons (Fsp3) is 0.571. The molecule has 2 heterocycles. The molecule has 3 rings (SSSR count). The lowest BCUT2D eigenvalue weighted by atomic mass is 10.1. The van der Waals surface area contributed by atoms with Gasteiger partial charge in [0.05, 0.1) is 18.3 Å². The topological polar surface area (TPSA) is 85.7 Å². The number of amides is 1. The lowest BCUT2D eigenvalue weighted by Gasteiger charge is -2.23. The van der Waals surface area contributed by atoms with Gasteiger partial charge in [-0.25, -0.2) is 0 Å². The molecule has 1 saturated carbocycles. The van der Waals surface area contributed by atoms with Crippen LogP contribution in [-0.2, 0) is 24.8 Å². The molecule has 0 atom stereocenters. The van der Waals surface area contributed by atoms with Gasteiger partial charge in [-0.3, -0.25) is 9.48 Å². The molecule has 6 heteroatoms. The van der Waals surface area contributed by atoms with Gasteiger partial charge in [-0.1, -0.05) is 0 Å². The number of fused-ring (bicyclic) bond motifs is 1. The van der Waals surface area contributed by atoms with Crippen LogP contribution in [0.3, 0.4) is 0 Å². The second kappa shape index (κ2) is 4.35. The number of nitrogens with zero attached hydrogens (tertiary/aromatic N) is 5. The monoisotopic (exact) mass is 269 g/mol. The van der Waals surface area contributed by atoms with E-state index in [-0.39, 0.29) is 5.91 Å². The summed E-state index contributed by atoms with van der Waals surface area (Å²) in [4.78, 5) is 14.2. The minimum Gasteiger partial charge on any atom is -0.335 e. The third-order valence-corrected chi connectivity index (χ3v) is 4.24. The maximum atomic E-state index is 12.5. The Morgan fingerprint density at radius 3 is 2.75 bits per heavy atom. The van der Waals surface area contributed by atoms with E-state index in [1.165, 1.54) is 0 Å². The van der Waals surface area contributed by atoms with Gasteiger partial charge in [-0.2, -0.15) is 15.6 Å². The average molecular weight is 269 g/mol. The number of aromatic nitrogens is 2. The quantitative estimate of drug-likeness (QED) is 0.757. The summed E-state index contributed by atoms with van der Waals surface area (Å²) in [6.45, 7) is 1.09. The van der Waals surface area contributed by atoms with Crippen molar-refractivity contribution in [3.8, 4) is 12.1 Å². The van der Waals surface area contributed by atoms with Crippen molar-refractivity contribution in [2.45, 2.75) is 32.2 Å². The molecule has 1 aromatic rings. The zero-order valence-corrected chi connectivity index (χ0v) is 11.4. The molecule has 0 aromatic carbocycles. The molecule has 1 fully saturated rings. The van der Waals surface area contributed by atoms with Crippen LogP contribution in [0.15, 0.2) is 0 Å². The second-order valence-corrected chi connectivity index (χ2v) is 5.53.